The lowest BCUT2D eigenvalue weighted by Gasteiger charge is -2.39. The normalized spacial score (nSPS) is 22.9. The molecular formula is C16H29N3O. The van der Waals surface area contributed by atoms with Crippen molar-refractivity contribution in [1.29, 1.82) is 0 Å². The van der Waals surface area contributed by atoms with E-state index < -0.39 is 0 Å². The van der Waals surface area contributed by atoms with E-state index in [0.717, 1.165) is 12.3 Å². The molecule has 2 rings (SSSR count). The van der Waals surface area contributed by atoms with Crippen molar-refractivity contribution < 1.29 is 4.74 Å². The van der Waals surface area contributed by atoms with E-state index in [-0.39, 0.29) is 5.54 Å². The van der Waals surface area contributed by atoms with E-state index in [4.69, 9.17) is 4.74 Å². The van der Waals surface area contributed by atoms with Crippen molar-refractivity contribution in [3.05, 3.63) is 11.9 Å². The summed E-state index contributed by atoms with van der Waals surface area (Å²) in [5, 5.41) is 8.14. The monoisotopic (exact) mass is 279 g/mol. The second-order valence-electron chi connectivity index (χ2n) is 7.21. The zero-order valence-corrected chi connectivity index (χ0v) is 13.7. The highest BCUT2D eigenvalue weighted by Crippen LogP contribution is 2.46. The first-order valence-corrected chi connectivity index (χ1v) is 7.70. The van der Waals surface area contributed by atoms with Crippen molar-refractivity contribution in [3.8, 4) is 5.75 Å². The zero-order valence-electron chi connectivity index (χ0n) is 13.7. The molecule has 1 heterocycles. The average Bonchev–Trinajstić information content (AvgIpc) is 2.69. The molecule has 0 aromatic carbocycles. The predicted octanol–water partition coefficient (Wildman–Crippen LogP) is 3.35. The molecule has 4 nitrogen and oxygen atoms in total. The lowest BCUT2D eigenvalue weighted by molar-refractivity contribution is 0.209. The fourth-order valence-electron chi connectivity index (χ4n) is 2.89. The summed E-state index contributed by atoms with van der Waals surface area (Å²) in [5.41, 5.74) is 1.47. The molecule has 1 fully saturated rings. The van der Waals surface area contributed by atoms with Gasteiger partial charge < -0.3 is 10.1 Å². The standard InChI is InChI=1S/C16H29N3O/c1-11(2)19-15(14(20-6)10-18-19)13-8-7-12(13)9-17-16(3,4)5/h10-13,17H,7-9H2,1-6H3. The van der Waals surface area contributed by atoms with Crippen LogP contribution in [-0.4, -0.2) is 29.0 Å². The van der Waals surface area contributed by atoms with Gasteiger partial charge in [-0.05, 0) is 59.9 Å². The van der Waals surface area contributed by atoms with Crippen molar-refractivity contribution in [1.82, 2.24) is 15.1 Å². The molecule has 1 aromatic rings. The van der Waals surface area contributed by atoms with Gasteiger partial charge in [0.05, 0.1) is 19.0 Å². The van der Waals surface area contributed by atoms with Crippen molar-refractivity contribution in [2.24, 2.45) is 5.92 Å². The van der Waals surface area contributed by atoms with E-state index in [9.17, 15) is 0 Å². The molecule has 1 N–H and O–H groups in total. The van der Waals surface area contributed by atoms with Gasteiger partial charge in [0.25, 0.3) is 0 Å². The van der Waals surface area contributed by atoms with E-state index in [1.807, 2.05) is 6.20 Å². The van der Waals surface area contributed by atoms with Crippen LogP contribution in [0.25, 0.3) is 0 Å². The largest absolute Gasteiger partial charge is 0.493 e. The number of hydrogen-bond donors (Lipinski definition) is 1. The summed E-state index contributed by atoms with van der Waals surface area (Å²) in [6.45, 7) is 12.1. The number of aromatic nitrogens is 2. The number of methoxy groups -OCH3 is 1. The molecule has 1 aliphatic rings. The summed E-state index contributed by atoms with van der Waals surface area (Å²) in [6.07, 6.45) is 4.40. The Morgan fingerprint density at radius 1 is 1.40 bits per heavy atom. The molecule has 0 spiro atoms. The number of rotatable bonds is 5. The van der Waals surface area contributed by atoms with Gasteiger partial charge in [0.1, 0.15) is 0 Å². The highest BCUT2D eigenvalue weighted by molar-refractivity contribution is 5.31. The number of nitrogens with one attached hydrogen (secondary N) is 1. The SMILES string of the molecule is COc1cnn(C(C)C)c1C1CCC1CNC(C)(C)C. The van der Waals surface area contributed by atoms with Gasteiger partial charge in [-0.1, -0.05) is 0 Å². The van der Waals surface area contributed by atoms with Gasteiger partial charge >= 0.3 is 0 Å². The summed E-state index contributed by atoms with van der Waals surface area (Å²) in [6, 6.07) is 0.380. The summed E-state index contributed by atoms with van der Waals surface area (Å²) >= 11 is 0. The molecule has 0 radical (unpaired) electrons. The van der Waals surface area contributed by atoms with Gasteiger partial charge in [-0.2, -0.15) is 5.10 Å². The van der Waals surface area contributed by atoms with Gasteiger partial charge in [-0.15, -0.1) is 0 Å². The smallest absolute Gasteiger partial charge is 0.160 e. The van der Waals surface area contributed by atoms with Crippen LogP contribution in [0.3, 0.4) is 0 Å². The molecular weight excluding hydrogens is 250 g/mol. The zero-order chi connectivity index (χ0) is 14.9. The Morgan fingerprint density at radius 2 is 2.10 bits per heavy atom. The van der Waals surface area contributed by atoms with Crippen LogP contribution in [0, 0.1) is 5.92 Å². The fraction of sp³-hybridized carbons (Fsp3) is 0.812. The van der Waals surface area contributed by atoms with Crippen LogP contribution in [0.4, 0.5) is 0 Å². The summed E-state index contributed by atoms with van der Waals surface area (Å²) in [4.78, 5) is 0. The Morgan fingerprint density at radius 3 is 2.55 bits per heavy atom. The van der Waals surface area contributed by atoms with Crippen molar-refractivity contribution in [2.45, 2.75) is 65.0 Å². The summed E-state index contributed by atoms with van der Waals surface area (Å²) in [7, 11) is 1.74. The molecule has 20 heavy (non-hydrogen) atoms. The topological polar surface area (TPSA) is 39.1 Å². The quantitative estimate of drug-likeness (QED) is 0.898. The first kappa shape index (κ1) is 15.4. The third-order valence-electron chi connectivity index (χ3n) is 4.17. The van der Waals surface area contributed by atoms with Crippen LogP contribution in [0.1, 0.15) is 65.1 Å². The van der Waals surface area contributed by atoms with E-state index in [0.29, 0.717) is 17.9 Å². The Kier molecular flexibility index (Phi) is 4.43. The first-order chi connectivity index (χ1) is 9.33. The predicted molar refractivity (Wildman–Crippen MR) is 82.4 cm³/mol. The maximum absolute atomic E-state index is 5.52. The van der Waals surface area contributed by atoms with Crippen LogP contribution < -0.4 is 10.1 Å². The van der Waals surface area contributed by atoms with Gasteiger partial charge in [0.2, 0.25) is 0 Å². The van der Waals surface area contributed by atoms with E-state index in [1.165, 1.54) is 18.5 Å². The molecule has 1 aromatic heterocycles. The molecule has 0 bridgehead atoms. The Labute approximate surface area is 122 Å². The summed E-state index contributed by atoms with van der Waals surface area (Å²) < 4.78 is 7.65. The molecule has 2 atom stereocenters. The van der Waals surface area contributed by atoms with E-state index in [1.54, 1.807) is 7.11 Å². The molecule has 1 saturated carbocycles. The summed E-state index contributed by atoms with van der Waals surface area (Å²) in [5.74, 6) is 2.21. The number of hydrogen-bond acceptors (Lipinski definition) is 3. The van der Waals surface area contributed by atoms with Crippen LogP contribution in [0.5, 0.6) is 5.75 Å². The van der Waals surface area contributed by atoms with Crippen LogP contribution >= 0.6 is 0 Å². The Balaban J connectivity index is 2.13. The second kappa shape index (κ2) is 5.76. The van der Waals surface area contributed by atoms with Crippen molar-refractivity contribution in [2.75, 3.05) is 13.7 Å². The highest BCUT2D eigenvalue weighted by atomic mass is 16.5. The highest BCUT2D eigenvalue weighted by Gasteiger charge is 2.37. The lowest BCUT2D eigenvalue weighted by atomic mass is 9.71. The molecule has 1 aliphatic carbocycles. The third kappa shape index (κ3) is 3.17. The minimum absolute atomic E-state index is 0.183. The molecule has 0 amide bonds. The molecule has 2 unspecified atom stereocenters. The average molecular weight is 279 g/mol. The van der Waals surface area contributed by atoms with E-state index >= 15 is 0 Å². The Hall–Kier alpha value is -1.03. The minimum Gasteiger partial charge on any atom is -0.493 e. The van der Waals surface area contributed by atoms with Gasteiger partial charge in [-0.3, -0.25) is 4.68 Å². The van der Waals surface area contributed by atoms with Gasteiger partial charge in [-0.25, -0.2) is 0 Å². The fourth-order valence-corrected chi connectivity index (χ4v) is 2.89. The van der Waals surface area contributed by atoms with Crippen molar-refractivity contribution >= 4 is 0 Å². The molecule has 4 heteroatoms. The van der Waals surface area contributed by atoms with Crippen molar-refractivity contribution in [3.63, 3.8) is 0 Å². The minimum atomic E-state index is 0.183. The second-order valence-corrected chi connectivity index (χ2v) is 7.21. The number of nitrogens with zero attached hydrogens (tertiary/aromatic N) is 2. The maximum Gasteiger partial charge on any atom is 0.160 e. The van der Waals surface area contributed by atoms with Crippen LogP contribution in [-0.2, 0) is 0 Å². The Bertz CT molecular complexity index is 445. The van der Waals surface area contributed by atoms with Gasteiger partial charge in [0.15, 0.2) is 5.75 Å². The molecule has 114 valence electrons. The lowest BCUT2D eigenvalue weighted by Crippen LogP contribution is -2.43. The maximum atomic E-state index is 5.52. The number of ether oxygens (including phenoxy) is 1. The first-order valence-electron chi connectivity index (χ1n) is 7.70. The van der Waals surface area contributed by atoms with Gasteiger partial charge in [0, 0.05) is 17.5 Å². The molecule has 0 aliphatic heterocycles. The van der Waals surface area contributed by atoms with Crippen LogP contribution in [0.15, 0.2) is 6.20 Å². The third-order valence-corrected chi connectivity index (χ3v) is 4.17. The van der Waals surface area contributed by atoms with E-state index in [2.05, 4.69) is 49.7 Å². The molecule has 0 saturated heterocycles. The van der Waals surface area contributed by atoms with Crippen LogP contribution in [0.2, 0.25) is 0 Å².